The van der Waals surface area contributed by atoms with Crippen molar-refractivity contribution in [2.24, 2.45) is 0 Å². The minimum Gasteiger partial charge on any atom is -0.456 e. The first-order valence-electron chi connectivity index (χ1n) is 5.65. The standard InChI is InChI=1S/C14H12F2O3/c1-18-8-10-3-5-14(19-10)13(17)7-9-2-4-11(15)12(16)6-9/h2-6H,7-8H2,1H3. The van der Waals surface area contributed by atoms with Gasteiger partial charge >= 0.3 is 0 Å². The van der Waals surface area contributed by atoms with Crippen molar-refractivity contribution >= 4 is 5.78 Å². The second kappa shape index (κ2) is 5.75. The Morgan fingerprint density at radius 3 is 2.68 bits per heavy atom. The van der Waals surface area contributed by atoms with Crippen LogP contribution in [0.15, 0.2) is 34.7 Å². The van der Waals surface area contributed by atoms with Gasteiger partial charge in [0.25, 0.3) is 0 Å². The SMILES string of the molecule is COCc1ccc(C(=O)Cc2ccc(F)c(F)c2)o1. The number of Topliss-reactive ketones (excluding diaryl/α,β-unsaturated/α-hetero) is 1. The molecule has 0 saturated carbocycles. The van der Waals surface area contributed by atoms with E-state index in [1.807, 2.05) is 0 Å². The predicted molar refractivity (Wildman–Crippen MR) is 63.8 cm³/mol. The molecule has 1 aromatic carbocycles. The van der Waals surface area contributed by atoms with Crippen LogP contribution in [-0.2, 0) is 17.8 Å². The van der Waals surface area contributed by atoms with Gasteiger partial charge in [0.2, 0.25) is 5.78 Å². The molecule has 2 rings (SSSR count). The highest BCUT2D eigenvalue weighted by Crippen LogP contribution is 2.14. The minimum atomic E-state index is -0.968. The lowest BCUT2D eigenvalue weighted by molar-refractivity contribution is 0.0957. The minimum absolute atomic E-state index is 0.0445. The highest BCUT2D eigenvalue weighted by atomic mass is 19.2. The number of hydrogen-bond acceptors (Lipinski definition) is 3. The molecular formula is C14H12F2O3. The lowest BCUT2D eigenvalue weighted by atomic mass is 10.1. The van der Waals surface area contributed by atoms with Gasteiger partial charge < -0.3 is 9.15 Å². The fourth-order valence-corrected chi connectivity index (χ4v) is 1.67. The van der Waals surface area contributed by atoms with Gasteiger partial charge in [-0.2, -0.15) is 0 Å². The third kappa shape index (κ3) is 3.26. The lowest BCUT2D eigenvalue weighted by Crippen LogP contribution is -2.03. The van der Waals surface area contributed by atoms with Crippen molar-refractivity contribution in [1.29, 1.82) is 0 Å². The van der Waals surface area contributed by atoms with Crippen molar-refractivity contribution in [2.45, 2.75) is 13.0 Å². The maximum atomic E-state index is 13.0. The molecule has 0 aliphatic heterocycles. The predicted octanol–water partition coefficient (Wildman–Crippen LogP) is 3.13. The van der Waals surface area contributed by atoms with E-state index in [1.165, 1.54) is 19.2 Å². The van der Waals surface area contributed by atoms with Crippen LogP contribution in [0.1, 0.15) is 21.9 Å². The number of carbonyl (C=O) groups excluding carboxylic acids is 1. The first-order valence-corrected chi connectivity index (χ1v) is 5.65. The molecule has 3 nitrogen and oxygen atoms in total. The van der Waals surface area contributed by atoms with E-state index in [-0.39, 0.29) is 24.6 Å². The van der Waals surface area contributed by atoms with E-state index >= 15 is 0 Å². The molecule has 2 aromatic rings. The Labute approximate surface area is 108 Å². The molecule has 1 heterocycles. The number of hydrogen-bond donors (Lipinski definition) is 0. The van der Waals surface area contributed by atoms with Gasteiger partial charge in [-0.3, -0.25) is 4.79 Å². The zero-order valence-corrected chi connectivity index (χ0v) is 10.3. The van der Waals surface area contributed by atoms with Crippen LogP contribution >= 0.6 is 0 Å². The number of furan rings is 1. The quantitative estimate of drug-likeness (QED) is 0.780. The number of methoxy groups -OCH3 is 1. The summed E-state index contributed by atoms with van der Waals surface area (Å²) < 4.78 is 35.9. The highest BCUT2D eigenvalue weighted by molar-refractivity contribution is 5.95. The largest absolute Gasteiger partial charge is 0.456 e. The Balaban J connectivity index is 2.09. The normalized spacial score (nSPS) is 10.7. The van der Waals surface area contributed by atoms with Gasteiger partial charge in [0, 0.05) is 13.5 Å². The number of carbonyl (C=O) groups is 1. The monoisotopic (exact) mass is 266 g/mol. The Bertz CT molecular complexity index is 590. The molecular weight excluding hydrogens is 254 g/mol. The van der Waals surface area contributed by atoms with Crippen molar-refractivity contribution in [3.63, 3.8) is 0 Å². The Morgan fingerprint density at radius 2 is 2.00 bits per heavy atom. The summed E-state index contributed by atoms with van der Waals surface area (Å²) in [7, 11) is 1.52. The summed E-state index contributed by atoms with van der Waals surface area (Å²) in [5, 5.41) is 0. The zero-order chi connectivity index (χ0) is 13.8. The van der Waals surface area contributed by atoms with Crippen LogP contribution in [0.3, 0.4) is 0 Å². The number of halogens is 2. The van der Waals surface area contributed by atoms with E-state index in [0.29, 0.717) is 11.3 Å². The molecule has 0 radical (unpaired) electrons. The van der Waals surface area contributed by atoms with Crippen molar-refractivity contribution in [1.82, 2.24) is 0 Å². The Kier molecular flexibility index (Phi) is 4.06. The maximum absolute atomic E-state index is 13.0. The highest BCUT2D eigenvalue weighted by Gasteiger charge is 2.13. The molecule has 0 saturated heterocycles. The number of rotatable bonds is 5. The average molecular weight is 266 g/mol. The summed E-state index contributed by atoms with van der Waals surface area (Å²) in [6.45, 7) is 0.276. The molecule has 0 N–H and O–H groups in total. The topological polar surface area (TPSA) is 39.4 Å². The molecule has 0 aliphatic carbocycles. The van der Waals surface area contributed by atoms with E-state index in [0.717, 1.165) is 12.1 Å². The summed E-state index contributed by atoms with van der Waals surface area (Å²) in [6.07, 6.45) is -0.0445. The van der Waals surface area contributed by atoms with Gasteiger partial charge in [0.15, 0.2) is 17.4 Å². The van der Waals surface area contributed by atoms with Gasteiger partial charge in [-0.1, -0.05) is 6.07 Å². The summed E-state index contributed by atoms with van der Waals surface area (Å²) in [4.78, 5) is 11.9. The molecule has 0 unspecified atom stereocenters. The van der Waals surface area contributed by atoms with E-state index in [2.05, 4.69) is 0 Å². The van der Waals surface area contributed by atoms with Crippen LogP contribution in [0.2, 0.25) is 0 Å². The van der Waals surface area contributed by atoms with Crippen molar-refractivity contribution in [2.75, 3.05) is 7.11 Å². The molecule has 0 fully saturated rings. The summed E-state index contributed by atoms with van der Waals surface area (Å²) in [6, 6.07) is 6.55. The second-order valence-corrected chi connectivity index (χ2v) is 4.05. The smallest absolute Gasteiger partial charge is 0.202 e. The molecule has 1 aromatic heterocycles. The first kappa shape index (κ1) is 13.4. The molecule has 100 valence electrons. The fraction of sp³-hybridized carbons (Fsp3) is 0.214. The Morgan fingerprint density at radius 1 is 1.21 bits per heavy atom. The van der Waals surface area contributed by atoms with Gasteiger partial charge in [-0.15, -0.1) is 0 Å². The average Bonchev–Trinajstić information content (AvgIpc) is 2.83. The molecule has 5 heteroatoms. The van der Waals surface area contributed by atoms with Crippen LogP contribution in [0.25, 0.3) is 0 Å². The summed E-state index contributed by atoms with van der Waals surface area (Å²) >= 11 is 0. The van der Waals surface area contributed by atoms with E-state index < -0.39 is 11.6 Å². The molecule has 0 spiro atoms. The van der Waals surface area contributed by atoms with Gasteiger partial charge in [0.05, 0.1) is 0 Å². The molecule has 0 atom stereocenters. The van der Waals surface area contributed by atoms with Gasteiger partial charge in [0.1, 0.15) is 12.4 Å². The molecule has 0 amide bonds. The van der Waals surface area contributed by atoms with Crippen LogP contribution in [0.4, 0.5) is 8.78 Å². The van der Waals surface area contributed by atoms with Gasteiger partial charge in [-0.25, -0.2) is 8.78 Å². The lowest BCUT2D eigenvalue weighted by Gasteiger charge is -2.00. The van der Waals surface area contributed by atoms with E-state index in [1.54, 1.807) is 6.07 Å². The molecule has 0 aliphatic rings. The summed E-state index contributed by atoms with van der Waals surface area (Å²) in [5.74, 6) is -1.48. The summed E-state index contributed by atoms with van der Waals surface area (Å²) in [5.41, 5.74) is 0.397. The van der Waals surface area contributed by atoms with Crippen LogP contribution in [0.5, 0.6) is 0 Å². The fourth-order valence-electron chi connectivity index (χ4n) is 1.67. The zero-order valence-electron chi connectivity index (χ0n) is 10.3. The Hall–Kier alpha value is -2.01. The van der Waals surface area contributed by atoms with Crippen LogP contribution in [-0.4, -0.2) is 12.9 Å². The number of benzene rings is 1. The van der Waals surface area contributed by atoms with Crippen molar-refractivity contribution in [3.05, 3.63) is 59.1 Å². The van der Waals surface area contributed by atoms with Crippen molar-refractivity contribution < 1.29 is 22.7 Å². The van der Waals surface area contributed by atoms with Crippen LogP contribution in [0, 0.1) is 11.6 Å². The van der Waals surface area contributed by atoms with Gasteiger partial charge in [-0.05, 0) is 29.8 Å². The number of ether oxygens (including phenoxy) is 1. The third-order valence-corrected chi connectivity index (χ3v) is 2.57. The van der Waals surface area contributed by atoms with E-state index in [9.17, 15) is 13.6 Å². The first-order chi connectivity index (χ1) is 9.10. The maximum Gasteiger partial charge on any atom is 0.202 e. The molecule has 19 heavy (non-hydrogen) atoms. The van der Waals surface area contributed by atoms with Crippen molar-refractivity contribution in [3.8, 4) is 0 Å². The van der Waals surface area contributed by atoms with Crippen LogP contribution < -0.4 is 0 Å². The third-order valence-electron chi connectivity index (χ3n) is 2.57. The molecule has 0 bridgehead atoms. The second-order valence-electron chi connectivity index (χ2n) is 4.05. The van der Waals surface area contributed by atoms with E-state index in [4.69, 9.17) is 9.15 Å². The number of ketones is 1.